The Labute approximate surface area is 117 Å². The molecule has 2 aromatic rings. The van der Waals surface area contributed by atoms with E-state index in [1.54, 1.807) is 11.3 Å². The van der Waals surface area contributed by atoms with E-state index in [0.717, 1.165) is 36.4 Å². The van der Waals surface area contributed by atoms with Gasteiger partial charge in [0, 0.05) is 13.0 Å². The van der Waals surface area contributed by atoms with Crippen LogP contribution in [0.3, 0.4) is 0 Å². The van der Waals surface area contributed by atoms with E-state index in [-0.39, 0.29) is 0 Å². The van der Waals surface area contributed by atoms with Gasteiger partial charge in [-0.15, -0.1) is 11.3 Å². The fourth-order valence-corrected chi connectivity index (χ4v) is 3.61. The first-order valence-corrected chi connectivity index (χ1v) is 7.65. The van der Waals surface area contributed by atoms with E-state index in [1.165, 1.54) is 4.70 Å². The molecule has 4 heteroatoms. The average Bonchev–Trinajstić information content (AvgIpc) is 2.81. The van der Waals surface area contributed by atoms with Crippen molar-refractivity contribution in [3.8, 4) is 0 Å². The minimum absolute atomic E-state index is 0.407. The second kappa shape index (κ2) is 5.19. The van der Waals surface area contributed by atoms with Crippen molar-refractivity contribution in [1.82, 2.24) is 4.98 Å². The van der Waals surface area contributed by atoms with Gasteiger partial charge in [0.2, 0.25) is 0 Å². The molecule has 19 heavy (non-hydrogen) atoms. The van der Waals surface area contributed by atoms with Gasteiger partial charge in [-0.1, -0.05) is 12.1 Å². The molecule has 1 saturated heterocycles. The van der Waals surface area contributed by atoms with Crippen LogP contribution in [0.2, 0.25) is 0 Å². The summed E-state index contributed by atoms with van der Waals surface area (Å²) in [6.45, 7) is 2.78. The Morgan fingerprint density at radius 2 is 2.26 bits per heavy atom. The molecule has 2 atom stereocenters. The first-order chi connectivity index (χ1) is 9.17. The molecule has 2 heterocycles. The van der Waals surface area contributed by atoms with Crippen LogP contribution < -0.4 is 0 Å². The average molecular weight is 277 g/mol. The zero-order chi connectivity index (χ0) is 13.3. The van der Waals surface area contributed by atoms with Gasteiger partial charge in [0.25, 0.3) is 0 Å². The lowest BCUT2D eigenvalue weighted by Gasteiger charge is -2.37. The number of aromatic nitrogens is 1. The van der Waals surface area contributed by atoms with Crippen molar-refractivity contribution in [2.45, 2.75) is 44.3 Å². The summed E-state index contributed by atoms with van der Waals surface area (Å²) in [5.74, 6) is 0. The molecule has 1 aromatic heterocycles. The molecule has 1 aliphatic rings. The number of hydrogen-bond acceptors (Lipinski definition) is 4. The zero-order valence-corrected chi connectivity index (χ0v) is 11.9. The van der Waals surface area contributed by atoms with Crippen molar-refractivity contribution in [1.29, 1.82) is 0 Å². The maximum absolute atomic E-state index is 10.5. The van der Waals surface area contributed by atoms with Crippen LogP contribution in [0.4, 0.5) is 0 Å². The monoisotopic (exact) mass is 277 g/mol. The van der Waals surface area contributed by atoms with Gasteiger partial charge < -0.3 is 9.84 Å². The molecule has 1 aliphatic heterocycles. The van der Waals surface area contributed by atoms with Crippen LogP contribution in [0.15, 0.2) is 24.3 Å². The standard InChI is InChI=1S/C15H19NO2S/c1-15(8-4-5-9-18-15)13(17)10-14-16-11-6-2-3-7-12(11)19-14/h2-3,6-7,13,17H,4-5,8-10H2,1H3. The van der Waals surface area contributed by atoms with Crippen molar-refractivity contribution in [2.75, 3.05) is 6.61 Å². The van der Waals surface area contributed by atoms with E-state index >= 15 is 0 Å². The van der Waals surface area contributed by atoms with E-state index in [1.807, 2.05) is 25.1 Å². The molecular weight excluding hydrogens is 258 g/mol. The first-order valence-electron chi connectivity index (χ1n) is 6.84. The van der Waals surface area contributed by atoms with E-state index in [0.29, 0.717) is 6.42 Å². The summed E-state index contributed by atoms with van der Waals surface area (Å²) in [6.07, 6.45) is 3.26. The Morgan fingerprint density at radius 1 is 1.42 bits per heavy atom. The molecule has 0 bridgehead atoms. The molecule has 0 radical (unpaired) electrons. The molecule has 0 aliphatic carbocycles. The minimum Gasteiger partial charge on any atom is -0.390 e. The summed E-state index contributed by atoms with van der Waals surface area (Å²) in [5.41, 5.74) is 0.611. The lowest BCUT2D eigenvalue weighted by atomic mass is 9.88. The Hall–Kier alpha value is -0.970. The van der Waals surface area contributed by atoms with Gasteiger partial charge in [0.15, 0.2) is 0 Å². The highest BCUT2D eigenvalue weighted by molar-refractivity contribution is 7.18. The number of benzene rings is 1. The maximum atomic E-state index is 10.5. The number of fused-ring (bicyclic) bond motifs is 1. The summed E-state index contributed by atoms with van der Waals surface area (Å²) in [5, 5.41) is 11.4. The normalized spacial score (nSPS) is 25.6. The fraction of sp³-hybridized carbons (Fsp3) is 0.533. The summed E-state index contributed by atoms with van der Waals surface area (Å²) >= 11 is 1.66. The van der Waals surface area contributed by atoms with E-state index in [2.05, 4.69) is 11.1 Å². The van der Waals surface area contributed by atoms with Crippen molar-refractivity contribution in [2.24, 2.45) is 0 Å². The number of hydrogen-bond donors (Lipinski definition) is 1. The van der Waals surface area contributed by atoms with Crippen molar-refractivity contribution in [3.63, 3.8) is 0 Å². The molecule has 3 nitrogen and oxygen atoms in total. The molecule has 3 rings (SSSR count). The van der Waals surface area contributed by atoms with Crippen LogP contribution in [0, 0.1) is 0 Å². The third-order valence-electron chi connectivity index (χ3n) is 3.91. The van der Waals surface area contributed by atoms with Gasteiger partial charge in [0.1, 0.15) is 0 Å². The Balaban J connectivity index is 1.76. The summed E-state index contributed by atoms with van der Waals surface area (Å²) < 4.78 is 6.98. The van der Waals surface area contributed by atoms with Crippen LogP contribution in [-0.4, -0.2) is 28.4 Å². The SMILES string of the molecule is CC1(C(O)Cc2nc3ccccc3s2)CCCCO1. The highest BCUT2D eigenvalue weighted by Crippen LogP contribution is 2.31. The zero-order valence-electron chi connectivity index (χ0n) is 11.1. The van der Waals surface area contributed by atoms with Crippen LogP contribution in [0.5, 0.6) is 0 Å². The number of para-hydroxylation sites is 1. The van der Waals surface area contributed by atoms with Gasteiger partial charge in [-0.05, 0) is 38.3 Å². The van der Waals surface area contributed by atoms with E-state index in [9.17, 15) is 5.11 Å². The number of aliphatic hydroxyl groups excluding tert-OH is 1. The Kier molecular flexibility index (Phi) is 3.56. The number of thiazole rings is 1. The predicted octanol–water partition coefficient (Wildman–Crippen LogP) is 3.16. The van der Waals surface area contributed by atoms with Crippen molar-refractivity contribution in [3.05, 3.63) is 29.3 Å². The van der Waals surface area contributed by atoms with E-state index < -0.39 is 11.7 Å². The van der Waals surface area contributed by atoms with Crippen molar-refractivity contribution < 1.29 is 9.84 Å². The highest BCUT2D eigenvalue weighted by Gasteiger charge is 2.36. The predicted molar refractivity (Wildman–Crippen MR) is 77.5 cm³/mol. The van der Waals surface area contributed by atoms with Crippen LogP contribution in [-0.2, 0) is 11.2 Å². The number of ether oxygens (including phenoxy) is 1. The Bertz CT molecular complexity index is 527. The summed E-state index contributed by atoms with van der Waals surface area (Å²) in [4.78, 5) is 4.58. The summed E-state index contributed by atoms with van der Waals surface area (Å²) in [6, 6.07) is 8.10. The van der Waals surface area contributed by atoms with Gasteiger partial charge >= 0.3 is 0 Å². The number of aliphatic hydroxyl groups is 1. The minimum atomic E-state index is -0.478. The Morgan fingerprint density at radius 3 is 3.00 bits per heavy atom. The molecular formula is C15H19NO2S. The number of rotatable bonds is 3. The molecule has 2 unspecified atom stereocenters. The second-order valence-corrected chi connectivity index (χ2v) is 6.53. The topological polar surface area (TPSA) is 42.4 Å². The molecule has 0 saturated carbocycles. The van der Waals surface area contributed by atoms with Crippen LogP contribution in [0.1, 0.15) is 31.2 Å². The van der Waals surface area contributed by atoms with Crippen molar-refractivity contribution >= 4 is 21.6 Å². The van der Waals surface area contributed by atoms with Crippen LogP contribution >= 0.6 is 11.3 Å². The third-order valence-corrected chi connectivity index (χ3v) is 4.97. The number of nitrogens with zero attached hydrogens (tertiary/aromatic N) is 1. The fourth-order valence-electron chi connectivity index (χ4n) is 2.61. The molecule has 0 spiro atoms. The lowest BCUT2D eigenvalue weighted by molar-refractivity contribution is -0.135. The quantitative estimate of drug-likeness (QED) is 0.937. The highest BCUT2D eigenvalue weighted by atomic mass is 32.1. The van der Waals surface area contributed by atoms with Crippen LogP contribution in [0.25, 0.3) is 10.2 Å². The third kappa shape index (κ3) is 2.66. The summed E-state index contributed by atoms with van der Waals surface area (Å²) in [7, 11) is 0. The molecule has 1 aromatic carbocycles. The maximum Gasteiger partial charge on any atom is 0.0965 e. The molecule has 1 N–H and O–H groups in total. The van der Waals surface area contributed by atoms with Gasteiger partial charge in [-0.3, -0.25) is 0 Å². The lowest BCUT2D eigenvalue weighted by Crippen LogP contribution is -2.45. The second-order valence-electron chi connectivity index (χ2n) is 5.41. The smallest absolute Gasteiger partial charge is 0.0965 e. The molecule has 102 valence electrons. The van der Waals surface area contributed by atoms with E-state index in [4.69, 9.17) is 4.74 Å². The molecule has 1 fully saturated rings. The van der Waals surface area contributed by atoms with Gasteiger partial charge in [-0.25, -0.2) is 4.98 Å². The van der Waals surface area contributed by atoms with Gasteiger partial charge in [-0.2, -0.15) is 0 Å². The molecule has 0 amide bonds. The largest absolute Gasteiger partial charge is 0.390 e. The first kappa shape index (κ1) is 13.0. The van der Waals surface area contributed by atoms with Gasteiger partial charge in [0.05, 0.1) is 26.9 Å².